The average Bonchev–Trinajstić information content (AvgIpc) is 2.67. The zero-order valence-corrected chi connectivity index (χ0v) is 16.8. The van der Waals surface area contributed by atoms with Gasteiger partial charge in [0, 0.05) is 0 Å². The number of carbonyl (C=O) groups is 4. The standard InChI is InChI=1S/C16H31N5O6S/c1-28-7-5-12(20-14(25)10(18)9-22)16(27)21-11(4-2-3-6-17)15(26)19-8-13(23)24/h10-12,22H,2-9,17-18H2,1H3,(H,19,26)(H,20,25)(H,21,27)(H,23,24). The lowest BCUT2D eigenvalue weighted by Gasteiger charge is -2.23. The Morgan fingerprint density at radius 2 is 1.61 bits per heavy atom. The highest BCUT2D eigenvalue weighted by Crippen LogP contribution is 2.05. The van der Waals surface area contributed by atoms with Gasteiger partial charge in [0.15, 0.2) is 0 Å². The zero-order chi connectivity index (χ0) is 21.5. The van der Waals surface area contributed by atoms with Gasteiger partial charge in [0.25, 0.3) is 0 Å². The molecule has 0 aromatic heterocycles. The van der Waals surface area contributed by atoms with Crippen molar-refractivity contribution >= 4 is 35.5 Å². The number of carboxylic acid groups (broad SMARTS) is 1. The molecule has 0 aliphatic rings. The fourth-order valence-corrected chi connectivity index (χ4v) is 2.66. The monoisotopic (exact) mass is 421 g/mol. The molecular formula is C16H31N5O6S. The molecule has 0 fully saturated rings. The second-order valence-electron chi connectivity index (χ2n) is 6.09. The maximum Gasteiger partial charge on any atom is 0.322 e. The molecule has 3 unspecified atom stereocenters. The zero-order valence-electron chi connectivity index (χ0n) is 16.0. The maximum atomic E-state index is 12.6. The van der Waals surface area contributed by atoms with Crippen molar-refractivity contribution in [1.29, 1.82) is 0 Å². The van der Waals surface area contributed by atoms with E-state index in [9.17, 15) is 19.2 Å². The third-order valence-electron chi connectivity index (χ3n) is 3.77. The molecule has 0 aromatic rings. The van der Waals surface area contributed by atoms with Crippen LogP contribution >= 0.6 is 11.8 Å². The second-order valence-corrected chi connectivity index (χ2v) is 7.07. The highest BCUT2D eigenvalue weighted by atomic mass is 32.2. The number of unbranched alkanes of at least 4 members (excludes halogenated alkanes) is 1. The summed E-state index contributed by atoms with van der Waals surface area (Å²) in [6.45, 7) is -0.717. The SMILES string of the molecule is CSCCC(NC(=O)C(N)CO)C(=O)NC(CCCCN)C(=O)NCC(=O)O. The summed E-state index contributed by atoms with van der Waals surface area (Å²) >= 11 is 1.47. The molecule has 3 amide bonds. The number of carboxylic acids is 1. The quantitative estimate of drug-likeness (QED) is 0.138. The number of carbonyl (C=O) groups excluding carboxylic acids is 3. The molecule has 0 rings (SSSR count). The van der Waals surface area contributed by atoms with Gasteiger partial charge in [-0.25, -0.2) is 0 Å². The maximum absolute atomic E-state index is 12.6. The molecule has 0 bridgehead atoms. The number of nitrogens with one attached hydrogen (secondary N) is 3. The number of hydrogen-bond donors (Lipinski definition) is 7. The van der Waals surface area contributed by atoms with Gasteiger partial charge < -0.3 is 37.6 Å². The van der Waals surface area contributed by atoms with Crippen molar-refractivity contribution in [3.8, 4) is 0 Å². The molecule has 12 heteroatoms. The molecule has 0 saturated heterocycles. The van der Waals surface area contributed by atoms with E-state index in [0.717, 1.165) is 0 Å². The Morgan fingerprint density at radius 3 is 2.14 bits per heavy atom. The first-order valence-electron chi connectivity index (χ1n) is 8.92. The van der Waals surface area contributed by atoms with Crippen LogP contribution in [0.5, 0.6) is 0 Å². The number of hydrogen-bond acceptors (Lipinski definition) is 8. The van der Waals surface area contributed by atoms with Crippen LogP contribution in [0.25, 0.3) is 0 Å². The van der Waals surface area contributed by atoms with Crippen LogP contribution in [0.3, 0.4) is 0 Å². The van der Waals surface area contributed by atoms with Gasteiger partial charge in [-0.15, -0.1) is 0 Å². The van der Waals surface area contributed by atoms with Gasteiger partial charge in [0.05, 0.1) is 6.61 Å². The Morgan fingerprint density at radius 1 is 1.00 bits per heavy atom. The summed E-state index contributed by atoms with van der Waals surface area (Å²) in [5.74, 6) is -2.54. The van der Waals surface area contributed by atoms with Crippen molar-refractivity contribution in [1.82, 2.24) is 16.0 Å². The molecule has 0 aliphatic heterocycles. The molecule has 3 atom stereocenters. The summed E-state index contributed by atoms with van der Waals surface area (Å²) in [6.07, 6.45) is 3.60. The molecule has 0 aromatic carbocycles. The first kappa shape index (κ1) is 26.1. The molecule has 0 heterocycles. The molecule has 0 aliphatic carbocycles. The second kappa shape index (κ2) is 15.1. The summed E-state index contributed by atoms with van der Waals surface area (Å²) < 4.78 is 0. The molecule has 28 heavy (non-hydrogen) atoms. The largest absolute Gasteiger partial charge is 0.480 e. The number of amides is 3. The van der Waals surface area contributed by atoms with Crippen molar-refractivity contribution in [2.45, 2.75) is 43.8 Å². The Balaban J connectivity index is 5.10. The average molecular weight is 422 g/mol. The highest BCUT2D eigenvalue weighted by molar-refractivity contribution is 7.98. The Kier molecular flexibility index (Phi) is 14.1. The van der Waals surface area contributed by atoms with Gasteiger partial charge in [-0.1, -0.05) is 0 Å². The van der Waals surface area contributed by atoms with E-state index in [1.807, 2.05) is 6.26 Å². The number of thioether (sulfide) groups is 1. The predicted molar refractivity (Wildman–Crippen MR) is 105 cm³/mol. The van der Waals surface area contributed by atoms with E-state index in [0.29, 0.717) is 31.6 Å². The van der Waals surface area contributed by atoms with Gasteiger partial charge in [0.1, 0.15) is 24.7 Å². The summed E-state index contributed by atoms with van der Waals surface area (Å²) in [5.41, 5.74) is 10.9. The number of nitrogens with two attached hydrogens (primary N) is 2. The van der Waals surface area contributed by atoms with Crippen LogP contribution in [-0.4, -0.2) is 83.7 Å². The third-order valence-corrected chi connectivity index (χ3v) is 4.41. The van der Waals surface area contributed by atoms with Gasteiger partial charge in [-0.2, -0.15) is 11.8 Å². The Hall–Kier alpha value is -1.89. The normalized spacial score (nSPS) is 13.9. The van der Waals surface area contributed by atoms with Gasteiger partial charge in [0.2, 0.25) is 17.7 Å². The fraction of sp³-hybridized carbons (Fsp3) is 0.750. The van der Waals surface area contributed by atoms with Crippen LogP contribution in [0.15, 0.2) is 0 Å². The molecule has 0 spiro atoms. The van der Waals surface area contributed by atoms with E-state index in [2.05, 4.69) is 16.0 Å². The molecule has 9 N–H and O–H groups in total. The van der Waals surface area contributed by atoms with E-state index >= 15 is 0 Å². The van der Waals surface area contributed by atoms with Crippen molar-refractivity contribution in [2.24, 2.45) is 11.5 Å². The molecule has 11 nitrogen and oxygen atoms in total. The van der Waals surface area contributed by atoms with E-state index in [4.69, 9.17) is 21.7 Å². The molecule has 162 valence electrons. The lowest BCUT2D eigenvalue weighted by atomic mass is 10.1. The van der Waals surface area contributed by atoms with Crippen molar-refractivity contribution in [2.75, 3.05) is 31.7 Å². The lowest BCUT2D eigenvalue weighted by Crippen LogP contribution is -2.56. The minimum atomic E-state index is -1.21. The Labute approximate surface area is 168 Å². The van der Waals surface area contributed by atoms with E-state index in [-0.39, 0.29) is 6.42 Å². The van der Waals surface area contributed by atoms with Crippen LogP contribution < -0.4 is 27.4 Å². The first-order chi connectivity index (χ1) is 13.3. The van der Waals surface area contributed by atoms with Crippen LogP contribution in [0.2, 0.25) is 0 Å². The highest BCUT2D eigenvalue weighted by Gasteiger charge is 2.27. The van der Waals surface area contributed by atoms with Crippen molar-refractivity contribution in [3.05, 3.63) is 0 Å². The van der Waals surface area contributed by atoms with Crippen LogP contribution in [0.4, 0.5) is 0 Å². The van der Waals surface area contributed by atoms with Gasteiger partial charge in [-0.05, 0) is 44.2 Å². The minimum Gasteiger partial charge on any atom is -0.480 e. The number of aliphatic hydroxyl groups excluding tert-OH is 1. The van der Waals surface area contributed by atoms with E-state index in [1.54, 1.807) is 0 Å². The van der Waals surface area contributed by atoms with Crippen LogP contribution in [0.1, 0.15) is 25.7 Å². The van der Waals surface area contributed by atoms with Crippen LogP contribution in [-0.2, 0) is 19.2 Å². The van der Waals surface area contributed by atoms with E-state index in [1.165, 1.54) is 11.8 Å². The van der Waals surface area contributed by atoms with Crippen LogP contribution in [0, 0.1) is 0 Å². The van der Waals surface area contributed by atoms with Gasteiger partial charge in [-0.3, -0.25) is 19.2 Å². The molecule has 0 radical (unpaired) electrons. The minimum absolute atomic E-state index is 0.272. The molecular weight excluding hydrogens is 390 g/mol. The first-order valence-corrected chi connectivity index (χ1v) is 10.3. The number of rotatable bonds is 15. The third kappa shape index (κ3) is 11.1. The van der Waals surface area contributed by atoms with Crippen molar-refractivity contribution in [3.63, 3.8) is 0 Å². The summed E-state index contributed by atoms with van der Waals surface area (Å²) in [4.78, 5) is 47.4. The summed E-state index contributed by atoms with van der Waals surface area (Å²) in [5, 5.41) is 24.9. The number of aliphatic carboxylic acids is 1. The van der Waals surface area contributed by atoms with Crippen molar-refractivity contribution < 1.29 is 29.4 Å². The van der Waals surface area contributed by atoms with Gasteiger partial charge >= 0.3 is 5.97 Å². The topological polar surface area (TPSA) is 197 Å². The summed E-state index contributed by atoms with van der Waals surface area (Å²) in [6, 6.07) is -3.07. The smallest absolute Gasteiger partial charge is 0.322 e. The fourth-order valence-electron chi connectivity index (χ4n) is 2.19. The summed E-state index contributed by atoms with van der Waals surface area (Å²) in [7, 11) is 0. The van der Waals surface area contributed by atoms with E-state index < -0.39 is 55.0 Å². The lowest BCUT2D eigenvalue weighted by molar-refractivity contribution is -0.138. The molecule has 0 saturated carbocycles. The number of aliphatic hydroxyl groups is 1. The predicted octanol–water partition coefficient (Wildman–Crippen LogP) is -2.64. The Bertz CT molecular complexity index is 522.